The number of aromatic nitrogens is 2. The van der Waals surface area contributed by atoms with Gasteiger partial charge in [0, 0.05) is 23.0 Å². The summed E-state index contributed by atoms with van der Waals surface area (Å²) in [6.07, 6.45) is 6.61. The number of rotatable bonds is 5. The fourth-order valence-electron chi connectivity index (χ4n) is 2.86. The van der Waals surface area contributed by atoms with E-state index in [1.165, 1.54) is 0 Å². The van der Waals surface area contributed by atoms with Gasteiger partial charge in [0.15, 0.2) is 0 Å². The van der Waals surface area contributed by atoms with Crippen molar-refractivity contribution in [1.29, 1.82) is 0 Å². The van der Waals surface area contributed by atoms with Crippen molar-refractivity contribution in [2.75, 3.05) is 11.0 Å². The van der Waals surface area contributed by atoms with Crippen molar-refractivity contribution in [2.24, 2.45) is 0 Å². The Bertz CT molecular complexity index is 1240. The highest BCUT2D eigenvalue weighted by Crippen LogP contribution is 2.26. The second kappa shape index (κ2) is 8.28. The second-order valence-corrected chi connectivity index (χ2v) is 9.91. The Labute approximate surface area is 176 Å². The molecule has 0 bridgehead atoms. The van der Waals surface area contributed by atoms with Crippen molar-refractivity contribution in [2.45, 2.75) is 26.2 Å². The first-order valence-corrected chi connectivity index (χ1v) is 11.4. The van der Waals surface area contributed by atoms with E-state index in [0.717, 1.165) is 23.1 Å². The molecule has 2 aromatic heterocycles. The van der Waals surface area contributed by atoms with E-state index in [9.17, 15) is 13.2 Å². The largest absolute Gasteiger partial charge is 0.329 e. The first-order valence-electron chi connectivity index (χ1n) is 9.48. The molecule has 0 aliphatic rings. The highest BCUT2D eigenvalue weighted by atomic mass is 32.2. The van der Waals surface area contributed by atoms with Crippen LogP contribution in [0.1, 0.15) is 37.6 Å². The summed E-state index contributed by atoms with van der Waals surface area (Å²) in [5, 5.41) is 0. The van der Waals surface area contributed by atoms with Crippen LogP contribution in [0.2, 0.25) is 0 Å². The van der Waals surface area contributed by atoms with Crippen LogP contribution in [0, 0.1) is 0 Å². The maximum Gasteiger partial charge on any atom is 0.257 e. The van der Waals surface area contributed by atoms with Gasteiger partial charge in [0.1, 0.15) is 0 Å². The van der Waals surface area contributed by atoms with Crippen LogP contribution in [0.4, 0.5) is 5.69 Å². The van der Waals surface area contributed by atoms with Crippen LogP contribution in [-0.2, 0) is 15.4 Å². The molecule has 3 aromatic rings. The molecule has 30 heavy (non-hydrogen) atoms. The predicted octanol–water partition coefficient (Wildman–Crippen LogP) is 4.28. The van der Waals surface area contributed by atoms with Crippen LogP contribution < -0.4 is 10.3 Å². The van der Waals surface area contributed by atoms with Gasteiger partial charge in [-0.2, -0.15) is 0 Å². The van der Waals surface area contributed by atoms with E-state index in [4.69, 9.17) is 4.98 Å². The third-order valence-corrected chi connectivity index (χ3v) is 5.00. The molecule has 3 rings (SSSR count). The molecule has 2 N–H and O–H groups in total. The first-order chi connectivity index (χ1) is 14.0. The number of H-pyrrole nitrogens is 1. The number of hydrogen-bond acceptors (Lipinski definition) is 4. The quantitative estimate of drug-likeness (QED) is 0.641. The summed E-state index contributed by atoms with van der Waals surface area (Å²) in [5.41, 5.74) is 4.02. The molecular weight excluding hydrogens is 398 g/mol. The molecular formula is C23H25N3O3S. The van der Waals surface area contributed by atoms with E-state index in [1.807, 2.05) is 36.4 Å². The monoisotopic (exact) mass is 423 g/mol. The van der Waals surface area contributed by atoms with Gasteiger partial charge in [-0.15, -0.1) is 0 Å². The highest BCUT2D eigenvalue weighted by molar-refractivity contribution is 7.92. The van der Waals surface area contributed by atoms with Gasteiger partial charge in [-0.25, -0.2) is 8.42 Å². The number of benzene rings is 1. The molecule has 0 radical (unpaired) electrons. The summed E-state index contributed by atoms with van der Waals surface area (Å²) in [4.78, 5) is 19.7. The van der Waals surface area contributed by atoms with Crippen LogP contribution in [0.5, 0.6) is 0 Å². The average molecular weight is 424 g/mol. The summed E-state index contributed by atoms with van der Waals surface area (Å²) >= 11 is 0. The Hall–Kier alpha value is -3.19. The Morgan fingerprint density at radius 3 is 2.27 bits per heavy atom. The van der Waals surface area contributed by atoms with Gasteiger partial charge in [0.25, 0.3) is 5.56 Å². The molecule has 0 aliphatic carbocycles. The Kier molecular flexibility index (Phi) is 5.94. The molecule has 0 spiro atoms. The van der Waals surface area contributed by atoms with Crippen molar-refractivity contribution >= 4 is 27.9 Å². The molecule has 0 saturated heterocycles. The van der Waals surface area contributed by atoms with Crippen LogP contribution in [0.15, 0.2) is 59.5 Å². The molecule has 0 fully saturated rings. The number of nitrogens with one attached hydrogen (secondary N) is 2. The zero-order chi connectivity index (χ0) is 21.9. The van der Waals surface area contributed by atoms with Gasteiger partial charge in [-0.05, 0) is 47.5 Å². The summed E-state index contributed by atoms with van der Waals surface area (Å²) in [7, 11) is -3.30. The standard InChI is InChI=1S/C23H25N3O3S/c1-23(2,3)21-15-17(14-20(25-21)19-6-5-13-24-22(19)27)8-7-16-9-11-18(12-10-16)26-30(4,28)29/h5-15,26H,1-4H3,(H,24,27). The fraction of sp³-hybridized carbons (Fsp3) is 0.217. The van der Waals surface area contributed by atoms with Crippen molar-refractivity contribution in [3.8, 4) is 11.3 Å². The van der Waals surface area contributed by atoms with Crippen molar-refractivity contribution in [3.63, 3.8) is 0 Å². The third-order valence-electron chi connectivity index (χ3n) is 4.39. The second-order valence-electron chi connectivity index (χ2n) is 8.16. The van der Waals surface area contributed by atoms with E-state index in [-0.39, 0.29) is 11.0 Å². The number of hydrogen-bond donors (Lipinski definition) is 2. The fourth-order valence-corrected chi connectivity index (χ4v) is 3.43. The van der Waals surface area contributed by atoms with Gasteiger partial charge < -0.3 is 4.98 Å². The Balaban J connectivity index is 1.96. The molecule has 2 heterocycles. The van der Waals surface area contributed by atoms with E-state index in [0.29, 0.717) is 16.9 Å². The van der Waals surface area contributed by atoms with Gasteiger partial charge in [-0.3, -0.25) is 14.5 Å². The Morgan fingerprint density at radius 1 is 1.00 bits per heavy atom. The van der Waals surface area contributed by atoms with Crippen LogP contribution in [0.3, 0.4) is 0 Å². The van der Waals surface area contributed by atoms with Crippen molar-refractivity contribution in [3.05, 3.63) is 81.9 Å². The molecule has 0 atom stereocenters. The Morgan fingerprint density at radius 2 is 1.67 bits per heavy atom. The molecule has 0 amide bonds. The zero-order valence-electron chi connectivity index (χ0n) is 17.4. The van der Waals surface area contributed by atoms with Gasteiger partial charge in [0.05, 0.1) is 17.5 Å². The van der Waals surface area contributed by atoms with Gasteiger partial charge in [-0.1, -0.05) is 45.1 Å². The number of nitrogens with zero attached hydrogens (tertiary/aromatic N) is 1. The van der Waals surface area contributed by atoms with E-state index >= 15 is 0 Å². The molecule has 156 valence electrons. The maximum atomic E-state index is 12.2. The zero-order valence-corrected chi connectivity index (χ0v) is 18.2. The third kappa shape index (κ3) is 5.67. The molecule has 1 aromatic carbocycles. The maximum absolute atomic E-state index is 12.2. The minimum absolute atomic E-state index is 0.181. The number of aromatic amines is 1. The minimum atomic E-state index is -3.30. The highest BCUT2D eigenvalue weighted by Gasteiger charge is 2.18. The lowest BCUT2D eigenvalue weighted by molar-refractivity contribution is 0.569. The number of pyridine rings is 2. The number of sulfonamides is 1. The minimum Gasteiger partial charge on any atom is -0.329 e. The predicted molar refractivity (Wildman–Crippen MR) is 123 cm³/mol. The molecule has 7 heteroatoms. The summed E-state index contributed by atoms with van der Waals surface area (Å²) in [6, 6.07) is 14.5. The average Bonchev–Trinajstić information content (AvgIpc) is 2.66. The van der Waals surface area contributed by atoms with E-state index < -0.39 is 10.0 Å². The summed E-state index contributed by atoms with van der Waals surface area (Å²) < 4.78 is 25.1. The topological polar surface area (TPSA) is 91.9 Å². The van der Waals surface area contributed by atoms with Crippen LogP contribution in [0.25, 0.3) is 23.4 Å². The molecule has 0 aliphatic heterocycles. The van der Waals surface area contributed by atoms with Crippen molar-refractivity contribution < 1.29 is 8.42 Å². The van der Waals surface area contributed by atoms with E-state index in [1.54, 1.807) is 30.5 Å². The smallest absolute Gasteiger partial charge is 0.257 e. The summed E-state index contributed by atoms with van der Waals surface area (Å²) in [5.74, 6) is 0. The van der Waals surface area contributed by atoms with E-state index in [2.05, 4.69) is 30.5 Å². The lowest BCUT2D eigenvalue weighted by Crippen LogP contribution is -2.15. The molecule has 6 nitrogen and oxygen atoms in total. The normalized spacial score (nSPS) is 12.3. The van der Waals surface area contributed by atoms with Gasteiger partial charge >= 0.3 is 0 Å². The van der Waals surface area contributed by atoms with Gasteiger partial charge in [0.2, 0.25) is 10.0 Å². The lowest BCUT2D eigenvalue weighted by Gasteiger charge is -2.19. The molecule has 0 saturated carbocycles. The number of anilines is 1. The van der Waals surface area contributed by atoms with Crippen LogP contribution >= 0.6 is 0 Å². The summed E-state index contributed by atoms with van der Waals surface area (Å²) in [6.45, 7) is 6.24. The van der Waals surface area contributed by atoms with Crippen LogP contribution in [-0.4, -0.2) is 24.6 Å². The lowest BCUT2D eigenvalue weighted by atomic mass is 9.90. The van der Waals surface area contributed by atoms with Crippen molar-refractivity contribution in [1.82, 2.24) is 9.97 Å². The molecule has 0 unspecified atom stereocenters. The first kappa shape index (κ1) is 21.5. The SMILES string of the molecule is CC(C)(C)c1cc(C=Cc2ccc(NS(C)(=O)=O)cc2)cc(-c2ccc[nH]c2=O)n1.